The van der Waals surface area contributed by atoms with Crippen molar-refractivity contribution in [2.45, 2.75) is 24.8 Å². The van der Waals surface area contributed by atoms with Gasteiger partial charge in [-0.15, -0.1) is 11.8 Å². The van der Waals surface area contributed by atoms with Crippen LogP contribution in [0.1, 0.15) is 24.2 Å². The SMILES string of the molecule is CCNC(CSc1cccc(C)c1)c1c(Cl)cnn1C. The number of halogens is 1. The van der Waals surface area contributed by atoms with E-state index in [2.05, 4.69) is 48.5 Å². The Morgan fingerprint density at radius 1 is 1.45 bits per heavy atom. The summed E-state index contributed by atoms with van der Waals surface area (Å²) in [5.74, 6) is 0.927. The molecule has 0 aliphatic heterocycles. The minimum atomic E-state index is 0.200. The lowest BCUT2D eigenvalue weighted by atomic mass is 10.2. The molecule has 0 amide bonds. The summed E-state index contributed by atoms with van der Waals surface area (Å²) in [6.07, 6.45) is 1.71. The fraction of sp³-hybridized carbons (Fsp3) is 0.400. The Morgan fingerprint density at radius 3 is 2.85 bits per heavy atom. The Morgan fingerprint density at radius 2 is 2.25 bits per heavy atom. The van der Waals surface area contributed by atoms with E-state index in [0.717, 1.165) is 23.0 Å². The number of aryl methyl sites for hydroxylation is 2. The van der Waals surface area contributed by atoms with Crippen molar-refractivity contribution < 1.29 is 0 Å². The minimum absolute atomic E-state index is 0.200. The third-order valence-electron chi connectivity index (χ3n) is 3.12. The maximum Gasteiger partial charge on any atom is 0.0834 e. The number of thioether (sulfide) groups is 1. The average molecular weight is 310 g/mol. The molecule has 0 bridgehead atoms. The van der Waals surface area contributed by atoms with Crippen LogP contribution in [0, 0.1) is 6.92 Å². The molecule has 0 saturated heterocycles. The molecule has 0 aliphatic carbocycles. The maximum atomic E-state index is 6.25. The molecule has 2 aromatic rings. The van der Waals surface area contributed by atoms with Crippen molar-refractivity contribution in [3.8, 4) is 0 Å². The summed E-state index contributed by atoms with van der Waals surface area (Å²) in [7, 11) is 1.93. The van der Waals surface area contributed by atoms with Gasteiger partial charge in [-0.1, -0.05) is 36.2 Å². The first-order valence-electron chi connectivity index (χ1n) is 6.72. The molecule has 1 atom stereocenters. The van der Waals surface area contributed by atoms with Crippen molar-refractivity contribution in [1.82, 2.24) is 15.1 Å². The van der Waals surface area contributed by atoms with Gasteiger partial charge in [0.25, 0.3) is 0 Å². The maximum absolute atomic E-state index is 6.25. The van der Waals surface area contributed by atoms with Crippen LogP contribution in [0.4, 0.5) is 0 Å². The topological polar surface area (TPSA) is 29.9 Å². The lowest BCUT2D eigenvalue weighted by molar-refractivity contribution is 0.553. The molecule has 0 spiro atoms. The first-order chi connectivity index (χ1) is 9.61. The van der Waals surface area contributed by atoms with E-state index in [1.165, 1.54) is 10.5 Å². The zero-order chi connectivity index (χ0) is 14.5. The van der Waals surface area contributed by atoms with Crippen LogP contribution in [-0.2, 0) is 7.05 Å². The molecule has 2 rings (SSSR count). The van der Waals surface area contributed by atoms with E-state index in [9.17, 15) is 0 Å². The quantitative estimate of drug-likeness (QED) is 0.823. The molecule has 1 aromatic carbocycles. The molecule has 0 radical (unpaired) electrons. The van der Waals surface area contributed by atoms with Crippen LogP contribution in [0.3, 0.4) is 0 Å². The lowest BCUT2D eigenvalue weighted by Gasteiger charge is -2.18. The standard InChI is InChI=1S/C15H20ClN3S/c1-4-17-14(15-13(16)9-18-19(15)3)10-20-12-7-5-6-11(2)8-12/h5-9,14,17H,4,10H2,1-3H3. The van der Waals surface area contributed by atoms with Crippen LogP contribution in [-0.4, -0.2) is 22.1 Å². The molecule has 5 heteroatoms. The molecule has 3 nitrogen and oxygen atoms in total. The van der Waals surface area contributed by atoms with Gasteiger partial charge < -0.3 is 5.32 Å². The summed E-state index contributed by atoms with van der Waals surface area (Å²) in [5, 5.41) is 8.43. The second-order valence-electron chi connectivity index (χ2n) is 4.74. The van der Waals surface area contributed by atoms with Gasteiger partial charge in [-0.2, -0.15) is 5.10 Å². The second kappa shape index (κ2) is 7.16. The molecule has 1 aromatic heterocycles. The smallest absolute Gasteiger partial charge is 0.0834 e. The van der Waals surface area contributed by atoms with Gasteiger partial charge in [-0.25, -0.2) is 0 Å². The molecule has 0 saturated carbocycles. The van der Waals surface area contributed by atoms with Crippen LogP contribution < -0.4 is 5.32 Å². The highest BCUT2D eigenvalue weighted by atomic mass is 35.5. The van der Waals surface area contributed by atoms with E-state index in [4.69, 9.17) is 11.6 Å². The van der Waals surface area contributed by atoms with Crippen molar-refractivity contribution in [2.24, 2.45) is 7.05 Å². The fourth-order valence-corrected chi connectivity index (χ4v) is 3.55. The van der Waals surface area contributed by atoms with Crippen LogP contribution in [0.2, 0.25) is 5.02 Å². The number of nitrogens with one attached hydrogen (secondary N) is 1. The molecular weight excluding hydrogens is 290 g/mol. The number of aromatic nitrogens is 2. The first-order valence-corrected chi connectivity index (χ1v) is 8.08. The van der Waals surface area contributed by atoms with Gasteiger partial charge in [0, 0.05) is 17.7 Å². The average Bonchev–Trinajstić information content (AvgIpc) is 2.75. The van der Waals surface area contributed by atoms with E-state index in [1.54, 1.807) is 6.20 Å². The molecule has 1 heterocycles. The minimum Gasteiger partial charge on any atom is -0.308 e. The largest absolute Gasteiger partial charge is 0.308 e. The monoisotopic (exact) mass is 309 g/mol. The normalized spacial score (nSPS) is 12.6. The molecule has 0 aliphatic rings. The van der Waals surface area contributed by atoms with E-state index in [-0.39, 0.29) is 6.04 Å². The highest BCUT2D eigenvalue weighted by Gasteiger charge is 2.18. The first kappa shape index (κ1) is 15.4. The number of hydrogen-bond donors (Lipinski definition) is 1. The van der Waals surface area contributed by atoms with Gasteiger partial charge in [0.2, 0.25) is 0 Å². The highest BCUT2D eigenvalue weighted by Crippen LogP contribution is 2.28. The van der Waals surface area contributed by atoms with Crippen molar-refractivity contribution >= 4 is 23.4 Å². The van der Waals surface area contributed by atoms with Crippen LogP contribution >= 0.6 is 23.4 Å². The Balaban J connectivity index is 2.10. The van der Waals surface area contributed by atoms with Gasteiger partial charge in [0.05, 0.1) is 23.0 Å². The third kappa shape index (κ3) is 3.78. The van der Waals surface area contributed by atoms with Gasteiger partial charge >= 0.3 is 0 Å². The molecule has 1 unspecified atom stereocenters. The second-order valence-corrected chi connectivity index (χ2v) is 6.24. The Labute approximate surface area is 129 Å². The summed E-state index contributed by atoms with van der Waals surface area (Å²) in [4.78, 5) is 1.28. The zero-order valence-electron chi connectivity index (χ0n) is 12.1. The summed E-state index contributed by atoms with van der Waals surface area (Å²) in [6.45, 7) is 5.12. The number of rotatable bonds is 6. The number of hydrogen-bond acceptors (Lipinski definition) is 3. The van der Waals surface area contributed by atoms with Crippen LogP contribution in [0.15, 0.2) is 35.4 Å². The number of nitrogens with zero attached hydrogens (tertiary/aromatic N) is 2. The van der Waals surface area contributed by atoms with Gasteiger partial charge in [0.15, 0.2) is 0 Å². The summed E-state index contributed by atoms with van der Waals surface area (Å²) in [5.41, 5.74) is 2.34. The Hall–Kier alpha value is -0.970. The van der Waals surface area contributed by atoms with E-state index in [0.29, 0.717) is 0 Å². The predicted molar refractivity (Wildman–Crippen MR) is 86.5 cm³/mol. The molecule has 0 fully saturated rings. The van der Waals surface area contributed by atoms with Gasteiger partial charge in [-0.05, 0) is 25.6 Å². The van der Waals surface area contributed by atoms with Crippen molar-refractivity contribution in [2.75, 3.05) is 12.3 Å². The van der Waals surface area contributed by atoms with Crippen LogP contribution in [0.25, 0.3) is 0 Å². The molecular formula is C15H20ClN3S. The molecule has 1 N–H and O–H groups in total. The lowest BCUT2D eigenvalue weighted by Crippen LogP contribution is -2.25. The summed E-state index contributed by atoms with van der Waals surface area (Å²) < 4.78 is 1.85. The van der Waals surface area contributed by atoms with Crippen molar-refractivity contribution in [1.29, 1.82) is 0 Å². The van der Waals surface area contributed by atoms with E-state index < -0.39 is 0 Å². The van der Waals surface area contributed by atoms with Gasteiger partial charge in [-0.3, -0.25) is 4.68 Å². The zero-order valence-corrected chi connectivity index (χ0v) is 13.6. The Kier molecular flexibility index (Phi) is 5.52. The molecule has 20 heavy (non-hydrogen) atoms. The van der Waals surface area contributed by atoms with E-state index in [1.807, 2.05) is 23.5 Å². The predicted octanol–water partition coefficient (Wildman–Crippen LogP) is 3.82. The number of benzene rings is 1. The van der Waals surface area contributed by atoms with Gasteiger partial charge in [0.1, 0.15) is 0 Å². The molecule has 108 valence electrons. The Bertz CT molecular complexity index is 548. The van der Waals surface area contributed by atoms with Crippen LogP contribution in [0.5, 0.6) is 0 Å². The van der Waals surface area contributed by atoms with E-state index >= 15 is 0 Å². The third-order valence-corrected chi connectivity index (χ3v) is 4.50. The summed E-state index contributed by atoms with van der Waals surface area (Å²) in [6, 6.07) is 8.76. The highest BCUT2D eigenvalue weighted by molar-refractivity contribution is 7.99. The van der Waals surface area contributed by atoms with Crippen molar-refractivity contribution in [3.05, 3.63) is 46.7 Å². The fourth-order valence-electron chi connectivity index (χ4n) is 2.18. The van der Waals surface area contributed by atoms with Crippen molar-refractivity contribution in [3.63, 3.8) is 0 Å². The summed E-state index contributed by atoms with van der Waals surface area (Å²) >= 11 is 8.09.